The Morgan fingerprint density at radius 3 is 2.63 bits per heavy atom. The normalized spacial score (nSPS) is 10.8. The Bertz CT molecular complexity index is 1070. The number of aryl methyl sites for hydroxylation is 2. The molecule has 3 aromatic rings. The highest BCUT2D eigenvalue weighted by atomic mass is 35.5. The van der Waals surface area contributed by atoms with E-state index in [9.17, 15) is 9.59 Å². The number of carbonyl (C=O) groups is 2. The molecule has 1 aromatic carbocycles. The Hall–Kier alpha value is -2.77. The number of esters is 1. The smallest absolute Gasteiger partial charge is 0.342 e. The molecule has 0 fully saturated rings. The quantitative estimate of drug-likeness (QED) is 0.308. The Morgan fingerprint density at radius 2 is 1.97 bits per heavy atom. The maximum absolute atomic E-state index is 12.7. The van der Waals surface area contributed by atoms with E-state index in [1.165, 1.54) is 24.1 Å². The average molecular weight is 447 g/mol. The van der Waals surface area contributed by atoms with Crippen LogP contribution in [0.1, 0.15) is 37.0 Å². The molecule has 0 saturated carbocycles. The Balaban J connectivity index is 1.69. The number of ether oxygens (including phenoxy) is 2. The molecule has 0 aliphatic carbocycles. The van der Waals surface area contributed by atoms with Gasteiger partial charge in [-0.1, -0.05) is 17.7 Å². The molecule has 0 aliphatic rings. The first kappa shape index (κ1) is 21.9. The van der Waals surface area contributed by atoms with Gasteiger partial charge in [0.25, 0.3) is 0 Å². The summed E-state index contributed by atoms with van der Waals surface area (Å²) in [5.74, 6) is -0.728. The van der Waals surface area contributed by atoms with Crippen molar-refractivity contribution in [3.05, 3.63) is 68.1 Å². The van der Waals surface area contributed by atoms with Crippen molar-refractivity contribution in [2.45, 2.75) is 26.8 Å². The van der Waals surface area contributed by atoms with Gasteiger partial charge in [0.05, 0.1) is 17.8 Å². The average Bonchev–Trinajstić information content (AvgIpc) is 3.34. The molecule has 6 nitrogen and oxygen atoms in total. The van der Waals surface area contributed by atoms with E-state index >= 15 is 0 Å². The molecule has 0 bridgehead atoms. The van der Waals surface area contributed by atoms with Crippen molar-refractivity contribution in [1.82, 2.24) is 4.57 Å². The third-order valence-electron chi connectivity index (χ3n) is 4.91. The molecule has 2 heterocycles. The maximum atomic E-state index is 12.7. The lowest BCUT2D eigenvalue weighted by atomic mass is 10.1. The molecule has 3 rings (SSSR count). The monoisotopic (exact) mass is 446 g/mol. The number of benzene rings is 1. The summed E-state index contributed by atoms with van der Waals surface area (Å²) in [6, 6.07) is 8.78. The number of hydrogen-bond donors (Lipinski definition) is 1. The van der Waals surface area contributed by atoms with Crippen LogP contribution in [0.4, 0.5) is 5.69 Å². The summed E-state index contributed by atoms with van der Waals surface area (Å²) < 4.78 is 12.5. The van der Waals surface area contributed by atoms with Gasteiger partial charge >= 0.3 is 5.97 Å². The van der Waals surface area contributed by atoms with Gasteiger partial charge in [-0.05, 0) is 43.8 Å². The van der Waals surface area contributed by atoms with Gasteiger partial charge in [-0.3, -0.25) is 4.79 Å². The zero-order valence-electron chi connectivity index (χ0n) is 17.0. The fraction of sp³-hybridized carbons (Fsp3) is 0.273. The van der Waals surface area contributed by atoms with Gasteiger partial charge in [-0.2, -0.15) is 0 Å². The van der Waals surface area contributed by atoms with Crippen molar-refractivity contribution >= 4 is 40.4 Å². The number of aromatic nitrogens is 1. The Labute approximate surface area is 184 Å². The number of carbonyl (C=O) groups excluding carboxylic acids is 2. The van der Waals surface area contributed by atoms with Gasteiger partial charge in [-0.15, -0.1) is 11.3 Å². The highest BCUT2D eigenvalue weighted by Crippen LogP contribution is 2.29. The van der Waals surface area contributed by atoms with Crippen molar-refractivity contribution in [3.63, 3.8) is 0 Å². The molecule has 0 unspecified atom stereocenters. The van der Waals surface area contributed by atoms with Crippen LogP contribution in [0.25, 0.3) is 0 Å². The molecule has 0 spiro atoms. The van der Waals surface area contributed by atoms with Gasteiger partial charge in [-0.25, -0.2) is 4.79 Å². The van der Waals surface area contributed by atoms with Crippen LogP contribution < -0.4 is 10.5 Å². The highest BCUT2D eigenvalue weighted by molar-refractivity contribution is 7.09. The summed E-state index contributed by atoms with van der Waals surface area (Å²) in [5.41, 5.74) is 8.54. The first-order chi connectivity index (χ1) is 14.3. The molecule has 0 amide bonds. The zero-order valence-corrected chi connectivity index (χ0v) is 18.6. The first-order valence-corrected chi connectivity index (χ1v) is 10.6. The van der Waals surface area contributed by atoms with Crippen molar-refractivity contribution in [2.75, 3.05) is 19.5 Å². The largest absolute Gasteiger partial charge is 0.496 e. The number of nitrogen functional groups attached to an aromatic ring is 1. The third kappa shape index (κ3) is 4.68. The van der Waals surface area contributed by atoms with Gasteiger partial charge in [0.2, 0.25) is 5.78 Å². The molecule has 30 heavy (non-hydrogen) atoms. The Kier molecular flexibility index (Phi) is 6.84. The van der Waals surface area contributed by atoms with Crippen LogP contribution in [-0.4, -0.2) is 30.0 Å². The van der Waals surface area contributed by atoms with E-state index in [1.54, 1.807) is 11.3 Å². The number of nitrogens with two attached hydrogens (primary N) is 1. The summed E-state index contributed by atoms with van der Waals surface area (Å²) in [5, 5.41) is 2.26. The minimum Gasteiger partial charge on any atom is -0.496 e. The first-order valence-electron chi connectivity index (χ1n) is 9.34. The summed E-state index contributed by atoms with van der Waals surface area (Å²) in [4.78, 5) is 26.5. The minimum absolute atomic E-state index is 0.117. The van der Waals surface area contributed by atoms with Crippen LogP contribution >= 0.6 is 22.9 Å². The second-order valence-corrected chi connectivity index (χ2v) is 8.28. The van der Waals surface area contributed by atoms with Crippen molar-refractivity contribution in [3.8, 4) is 5.75 Å². The number of hydrogen-bond acceptors (Lipinski definition) is 6. The van der Waals surface area contributed by atoms with Crippen LogP contribution in [-0.2, 0) is 17.7 Å². The summed E-state index contributed by atoms with van der Waals surface area (Å²) in [6.45, 7) is 4.27. The fourth-order valence-corrected chi connectivity index (χ4v) is 4.15. The van der Waals surface area contributed by atoms with E-state index in [0.29, 0.717) is 5.56 Å². The van der Waals surface area contributed by atoms with E-state index in [2.05, 4.69) is 16.0 Å². The SMILES string of the molecule is COc1cc(N)c(Cl)cc1C(=O)OCC(=O)c1cc(C)n(CCc2cccs2)c1C. The van der Waals surface area contributed by atoms with Crippen LogP contribution in [0.2, 0.25) is 5.02 Å². The maximum Gasteiger partial charge on any atom is 0.342 e. The van der Waals surface area contributed by atoms with E-state index in [4.69, 9.17) is 26.8 Å². The molecule has 0 aliphatic heterocycles. The Morgan fingerprint density at radius 1 is 1.20 bits per heavy atom. The van der Waals surface area contributed by atoms with Crippen LogP contribution in [0, 0.1) is 13.8 Å². The number of halogens is 1. The predicted molar refractivity (Wildman–Crippen MR) is 119 cm³/mol. The summed E-state index contributed by atoms with van der Waals surface area (Å²) in [7, 11) is 1.41. The van der Waals surface area contributed by atoms with Crippen molar-refractivity contribution < 1.29 is 19.1 Å². The predicted octanol–water partition coefficient (Wildman–Crippen LogP) is 4.69. The van der Waals surface area contributed by atoms with E-state index in [1.807, 2.05) is 26.0 Å². The highest BCUT2D eigenvalue weighted by Gasteiger charge is 2.20. The molecule has 0 saturated heterocycles. The number of rotatable bonds is 8. The summed E-state index contributed by atoms with van der Waals surface area (Å²) >= 11 is 7.71. The molecular formula is C22H23ClN2O4S. The van der Waals surface area contributed by atoms with Crippen molar-refractivity contribution in [2.24, 2.45) is 0 Å². The lowest BCUT2D eigenvalue weighted by molar-refractivity contribution is 0.0471. The molecule has 0 atom stereocenters. The summed E-state index contributed by atoms with van der Waals surface area (Å²) in [6.07, 6.45) is 0.897. The number of methoxy groups -OCH3 is 1. The van der Waals surface area contributed by atoms with Gasteiger partial charge < -0.3 is 19.8 Å². The van der Waals surface area contributed by atoms with Crippen LogP contribution in [0.3, 0.4) is 0 Å². The topological polar surface area (TPSA) is 83.6 Å². The minimum atomic E-state index is -0.700. The number of nitrogens with zero attached hydrogens (tertiary/aromatic N) is 1. The van der Waals surface area contributed by atoms with Gasteiger partial charge in [0.15, 0.2) is 6.61 Å². The number of Topliss-reactive ketones (excluding diaryl/α,β-unsaturated/α-hetero) is 1. The zero-order chi connectivity index (χ0) is 21.8. The number of thiophene rings is 1. The molecule has 2 aromatic heterocycles. The van der Waals surface area contributed by atoms with E-state index in [0.717, 1.165) is 24.4 Å². The van der Waals surface area contributed by atoms with E-state index < -0.39 is 5.97 Å². The molecule has 2 N–H and O–H groups in total. The standard InChI is InChI=1S/C22H23ClN2O4S/c1-13-9-16(14(2)25(13)7-6-15-5-4-8-30-15)20(26)12-29-22(27)17-10-18(23)19(24)11-21(17)28-3/h4-5,8-11H,6-7,12,24H2,1-3H3. The second-order valence-electron chi connectivity index (χ2n) is 6.84. The van der Waals surface area contributed by atoms with E-state index in [-0.39, 0.29) is 34.4 Å². The van der Waals surface area contributed by atoms with Gasteiger partial charge in [0.1, 0.15) is 11.3 Å². The second kappa shape index (κ2) is 9.36. The fourth-order valence-electron chi connectivity index (χ4n) is 3.29. The number of ketones is 1. The molecule has 158 valence electrons. The number of anilines is 1. The van der Waals surface area contributed by atoms with Gasteiger partial charge in [0, 0.05) is 34.4 Å². The van der Waals surface area contributed by atoms with Crippen LogP contribution in [0.5, 0.6) is 5.75 Å². The molecular weight excluding hydrogens is 424 g/mol. The molecule has 8 heteroatoms. The van der Waals surface area contributed by atoms with Crippen LogP contribution in [0.15, 0.2) is 35.7 Å². The van der Waals surface area contributed by atoms with Crippen molar-refractivity contribution in [1.29, 1.82) is 0 Å². The lowest BCUT2D eigenvalue weighted by Gasteiger charge is -2.11. The molecule has 0 radical (unpaired) electrons. The lowest BCUT2D eigenvalue weighted by Crippen LogP contribution is -2.16. The third-order valence-corrected chi connectivity index (χ3v) is 6.17.